The number of hydrogen-bond donors (Lipinski definition) is 2. The van der Waals surface area contributed by atoms with Crippen molar-refractivity contribution in [3.63, 3.8) is 0 Å². The van der Waals surface area contributed by atoms with Gasteiger partial charge in [-0.15, -0.1) is 5.10 Å². The molecule has 7 aromatic rings. The molecule has 0 saturated carbocycles. The van der Waals surface area contributed by atoms with Crippen molar-refractivity contribution < 1.29 is 23.8 Å². The second kappa shape index (κ2) is 18.0. The second-order valence-electron chi connectivity index (χ2n) is 16.8. The summed E-state index contributed by atoms with van der Waals surface area (Å²) in [6, 6.07) is 54.4. The van der Waals surface area contributed by atoms with E-state index in [1.54, 1.807) is 20.8 Å². The summed E-state index contributed by atoms with van der Waals surface area (Å²) >= 11 is 0. The Morgan fingerprint density at radius 1 is 0.667 bits per heavy atom. The molecule has 1 atom stereocenters. The van der Waals surface area contributed by atoms with Gasteiger partial charge >= 0.3 is 11.9 Å². The predicted molar refractivity (Wildman–Crippen MR) is 247 cm³/mol. The molecule has 0 fully saturated rings. The van der Waals surface area contributed by atoms with Crippen molar-refractivity contribution in [1.29, 1.82) is 0 Å². The lowest BCUT2D eigenvalue weighted by Crippen LogP contribution is -2.57. The van der Waals surface area contributed by atoms with Gasteiger partial charge in [0.15, 0.2) is 11.6 Å². The third-order valence-electron chi connectivity index (χ3n) is 11.0. The van der Waals surface area contributed by atoms with E-state index in [0.717, 1.165) is 33.4 Å². The summed E-state index contributed by atoms with van der Waals surface area (Å²) in [7, 11) is 0. The number of nitrogens with zero attached hydrogens (tertiary/aromatic N) is 3. The van der Waals surface area contributed by atoms with Crippen LogP contribution < -0.4 is 15.7 Å². The summed E-state index contributed by atoms with van der Waals surface area (Å²) in [6.45, 7) is 10.9. The number of nitrogens with one attached hydrogen (secondary N) is 2. The monoisotopic (exact) mass is 837 g/mol. The minimum absolute atomic E-state index is 0.212. The van der Waals surface area contributed by atoms with E-state index >= 15 is 0 Å². The Kier molecular flexibility index (Phi) is 12.1. The van der Waals surface area contributed by atoms with Gasteiger partial charge in [0.1, 0.15) is 16.9 Å². The summed E-state index contributed by atoms with van der Waals surface area (Å²) in [5.41, 5.74) is 12.7. The molecule has 318 valence electrons. The number of hydrazine groups is 2. The molecule has 10 heteroatoms. The van der Waals surface area contributed by atoms with Crippen LogP contribution in [0.4, 0.5) is 0 Å². The highest BCUT2D eigenvalue weighted by atomic mass is 16.7. The van der Waals surface area contributed by atoms with E-state index in [-0.39, 0.29) is 17.2 Å². The highest BCUT2D eigenvalue weighted by molar-refractivity contribution is 6.07. The zero-order valence-electron chi connectivity index (χ0n) is 36.3. The zero-order valence-corrected chi connectivity index (χ0v) is 36.3. The molecule has 0 amide bonds. The van der Waals surface area contributed by atoms with E-state index in [1.807, 2.05) is 111 Å². The van der Waals surface area contributed by atoms with Crippen LogP contribution >= 0.6 is 0 Å². The minimum atomic E-state index is -1.11. The van der Waals surface area contributed by atoms with E-state index in [9.17, 15) is 9.59 Å². The molecule has 10 nitrogen and oxygen atoms in total. The SMILES string of the molecule is CCc1nc2ccccc2c(C(=O)OC(OC(=O)C(C)(C)C)C(C)C)c1Oc1ccc(-c2ccccc2C2=NNN(C(c3ccccc3)(c3ccccc3)c3ccccc3)N2)cc1. The molecule has 0 spiro atoms. The molecule has 1 aliphatic rings. The van der Waals surface area contributed by atoms with Gasteiger partial charge in [0, 0.05) is 16.9 Å². The van der Waals surface area contributed by atoms with Gasteiger partial charge < -0.3 is 14.2 Å². The van der Waals surface area contributed by atoms with Gasteiger partial charge in [0.25, 0.3) is 0 Å². The number of aryl methyl sites for hydroxylation is 1. The third kappa shape index (κ3) is 8.50. The van der Waals surface area contributed by atoms with Crippen molar-refractivity contribution in [2.75, 3.05) is 0 Å². The van der Waals surface area contributed by atoms with Crippen LogP contribution in [0.15, 0.2) is 169 Å². The van der Waals surface area contributed by atoms with Gasteiger partial charge in [-0.3, -0.25) is 10.2 Å². The molecule has 2 N–H and O–H groups in total. The molecule has 63 heavy (non-hydrogen) atoms. The van der Waals surface area contributed by atoms with Crippen LogP contribution in [0.5, 0.6) is 11.5 Å². The maximum atomic E-state index is 14.3. The van der Waals surface area contributed by atoms with Crippen LogP contribution in [-0.4, -0.2) is 34.2 Å². The molecular weight excluding hydrogens is 787 g/mol. The van der Waals surface area contributed by atoms with Crippen molar-refractivity contribution in [3.05, 3.63) is 197 Å². The van der Waals surface area contributed by atoms with Crippen LogP contribution in [0.3, 0.4) is 0 Å². The molecule has 0 bridgehead atoms. The molecule has 8 rings (SSSR count). The minimum Gasteiger partial charge on any atom is -0.455 e. The summed E-state index contributed by atoms with van der Waals surface area (Å²) < 4.78 is 18.3. The molecule has 0 radical (unpaired) electrons. The quantitative estimate of drug-likeness (QED) is 0.0665. The predicted octanol–water partition coefficient (Wildman–Crippen LogP) is 11.0. The Balaban J connectivity index is 1.11. The van der Waals surface area contributed by atoms with Crippen LogP contribution in [0.25, 0.3) is 22.0 Å². The first-order chi connectivity index (χ1) is 30.5. The topological polar surface area (TPSA) is 114 Å². The molecule has 6 aromatic carbocycles. The summed E-state index contributed by atoms with van der Waals surface area (Å²) in [5, 5.41) is 7.43. The summed E-state index contributed by atoms with van der Waals surface area (Å²) in [6.07, 6.45) is -0.625. The fourth-order valence-corrected chi connectivity index (χ4v) is 7.76. The Bertz CT molecular complexity index is 2660. The first-order valence-corrected chi connectivity index (χ1v) is 21.3. The fraction of sp³-hybridized carbons (Fsp3) is 0.208. The average Bonchev–Trinajstić information content (AvgIpc) is 3.80. The van der Waals surface area contributed by atoms with Crippen LogP contribution in [0, 0.1) is 11.3 Å². The smallest absolute Gasteiger partial charge is 0.345 e. The summed E-state index contributed by atoms with van der Waals surface area (Å²) in [4.78, 5) is 32.0. The lowest BCUT2D eigenvalue weighted by atomic mass is 9.77. The highest BCUT2D eigenvalue weighted by Gasteiger charge is 2.45. The number of carbonyl (C=O) groups is 2. The van der Waals surface area contributed by atoms with Gasteiger partial charge in [-0.1, -0.05) is 171 Å². The highest BCUT2D eigenvalue weighted by Crippen LogP contribution is 2.42. The van der Waals surface area contributed by atoms with Crippen molar-refractivity contribution in [1.82, 2.24) is 21.1 Å². The van der Waals surface area contributed by atoms with Crippen LogP contribution in [0.2, 0.25) is 0 Å². The van der Waals surface area contributed by atoms with E-state index < -0.39 is 29.2 Å². The maximum Gasteiger partial charge on any atom is 0.345 e. The Morgan fingerprint density at radius 2 is 1.21 bits per heavy atom. The van der Waals surface area contributed by atoms with Crippen molar-refractivity contribution in [2.45, 2.75) is 59.8 Å². The van der Waals surface area contributed by atoms with E-state index in [2.05, 4.69) is 89.8 Å². The van der Waals surface area contributed by atoms with Gasteiger partial charge in [-0.25, -0.2) is 15.3 Å². The first-order valence-electron chi connectivity index (χ1n) is 21.3. The van der Waals surface area contributed by atoms with Gasteiger partial charge in [0.05, 0.1) is 16.6 Å². The number of esters is 2. The number of rotatable bonds is 13. The van der Waals surface area contributed by atoms with Crippen molar-refractivity contribution in [2.24, 2.45) is 16.4 Å². The lowest BCUT2D eigenvalue weighted by Gasteiger charge is -2.42. The second-order valence-corrected chi connectivity index (χ2v) is 16.8. The number of amidine groups is 1. The number of fused-ring (bicyclic) bond motifs is 1. The number of ether oxygens (including phenoxy) is 3. The van der Waals surface area contributed by atoms with E-state index in [4.69, 9.17) is 24.3 Å². The van der Waals surface area contributed by atoms with Crippen molar-refractivity contribution >= 4 is 28.7 Å². The Hall–Kier alpha value is -7.30. The number of aromatic nitrogens is 1. The van der Waals surface area contributed by atoms with E-state index in [1.165, 1.54) is 0 Å². The number of para-hydroxylation sites is 1. The molecule has 0 saturated heterocycles. The molecule has 1 aromatic heterocycles. The standard InChI is InChI=1S/C53H51N5O5/c1-7-44-47(46(43-29-19-20-30-45(43)54-44)49(59)62-50(35(2)3)63-51(60)52(4,5)6)61-40-33-31-36(32-34-40)41-27-17-18-28-42(41)48-55-57-58(56-48)53(37-21-11-8-12-22-37,38-23-13-9-14-24-38)39-25-15-10-16-26-39/h8-35,50,57H,7H2,1-6H3,(H,55,56). The van der Waals surface area contributed by atoms with Crippen LogP contribution in [-0.2, 0) is 26.2 Å². The molecule has 1 unspecified atom stereocenters. The molecular formula is C53H51N5O5. The zero-order chi connectivity index (χ0) is 44.1. The van der Waals surface area contributed by atoms with Crippen LogP contribution in [0.1, 0.15) is 79.8 Å². The van der Waals surface area contributed by atoms with Gasteiger partial charge in [0.2, 0.25) is 6.29 Å². The number of benzene rings is 6. The number of hydrazone groups is 1. The normalized spacial score (nSPS) is 13.5. The largest absolute Gasteiger partial charge is 0.455 e. The Labute approximate surface area is 368 Å². The summed E-state index contributed by atoms with van der Waals surface area (Å²) in [5.74, 6) is -0.0173. The first kappa shape index (κ1) is 42.4. The van der Waals surface area contributed by atoms with Gasteiger partial charge in [-0.2, -0.15) is 0 Å². The third-order valence-corrected chi connectivity index (χ3v) is 11.0. The fourth-order valence-electron chi connectivity index (χ4n) is 7.76. The van der Waals surface area contributed by atoms with Crippen molar-refractivity contribution in [3.8, 4) is 22.6 Å². The van der Waals surface area contributed by atoms with Gasteiger partial charge in [-0.05, 0) is 73.2 Å². The lowest BCUT2D eigenvalue weighted by molar-refractivity contribution is -0.184. The number of hydrogen-bond acceptors (Lipinski definition) is 10. The van der Waals surface area contributed by atoms with E-state index in [0.29, 0.717) is 34.6 Å². The molecule has 2 heterocycles. The maximum absolute atomic E-state index is 14.3. The average molecular weight is 838 g/mol. The molecule has 0 aliphatic carbocycles. The molecule has 1 aliphatic heterocycles. The Morgan fingerprint density at radius 3 is 1.76 bits per heavy atom. The number of pyridine rings is 1. The number of carbonyl (C=O) groups excluding carboxylic acids is 2.